The molecule has 0 aliphatic carbocycles. The number of hydrogen-bond acceptors (Lipinski definition) is 5. The fraction of sp³-hybridized carbons (Fsp3) is 0.179. The maximum Gasteiger partial charge on any atom is 0.270 e. The lowest BCUT2D eigenvalue weighted by atomic mass is 10.1. The highest BCUT2D eigenvalue weighted by Gasteiger charge is 2.41. The van der Waals surface area contributed by atoms with Crippen LogP contribution >= 0.6 is 15.9 Å². The molecule has 1 saturated heterocycles. The highest BCUT2D eigenvalue weighted by molar-refractivity contribution is 9.10. The quantitative estimate of drug-likeness (QED) is 0.353. The van der Waals surface area contributed by atoms with Crippen LogP contribution in [0.3, 0.4) is 0 Å². The van der Waals surface area contributed by atoms with Gasteiger partial charge in [-0.15, -0.1) is 10.2 Å². The van der Waals surface area contributed by atoms with Gasteiger partial charge in [0.1, 0.15) is 23.3 Å². The Bertz CT molecular complexity index is 1690. The minimum absolute atomic E-state index is 0.156. The Morgan fingerprint density at radius 1 is 1.00 bits per heavy atom. The fourth-order valence-corrected chi connectivity index (χ4v) is 4.88. The van der Waals surface area contributed by atoms with Crippen LogP contribution in [0.15, 0.2) is 76.2 Å². The van der Waals surface area contributed by atoms with Gasteiger partial charge in [0.05, 0.1) is 11.0 Å². The van der Waals surface area contributed by atoms with E-state index < -0.39 is 12.3 Å². The van der Waals surface area contributed by atoms with E-state index in [0.717, 1.165) is 20.9 Å². The molecule has 1 aromatic heterocycles. The van der Waals surface area contributed by atoms with Gasteiger partial charge in [0.15, 0.2) is 6.23 Å². The van der Waals surface area contributed by atoms with E-state index in [1.54, 1.807) is 24.0 Å². The first-order valence-electron chi connectivity index (χ1n) is 12.0. The van der Waals surface area contributed by atoms with Crippen molar-refractivity contribution in [2.75, 3.05) is 6.54 Å². The Morgan fingerprint density at radius 2 is 1.76 bits per heavy atom. The van der Waals surface area contributed by atoms with Crippen molar-refractivity contribution in [2.24, 2.45) is 4.99 Å². The van der Waals surface area contributed by atoms with E-state index in [1.165, 1.54) is 23.0 Å². The molecule has 1 fully saturated rings. The largest absolute Gasteiger partial charge is 0.339 e. The number of benzene rings is 3. The molecule has 2 amide bonds. The van der Waals surface area contributed by atoms with Gasteiger partial charge in [0.25, 0.3) is 11.8 Å². The molecule has 0 bridgehead atoms. The van der Waals surface area contributed by atoms with Gasteiger partial charge >= 0.3 is 0 Å². The van der Waals surface area contributed by atoms with Crippen LogP contribution in [0.1, 0.15) is 24.4 Å². The van der Waals surface area contributed by atoms with E-state index in [0.29, 0.717) is 35.3 Å². The SMILES string of the molecule is CC1O[C@H](c2nn(-c3ccc(Br)cc3)nc2-c2ccc(F)cc2)N(CCc2ccc3c(c2)=CC(=O)N=3)C1=O. The third-order valence-corrected chi connectivity index (χ3v) is 7.07. The molecular weight excluding hydrogens is 553 g/mol. The zero-order chi connectivity index (χ0) is 26.4. The first-order chi connectivity index (χ1) is 18.4. The predicted molar refractivity (Wildman–Crippen MR) is 140 cm³/mol. The summed E-state index contributed by atoms with van der Waals surface area (Å²) in [6.07, 6.45) is 0.604. The fourth-order valence-electron chi connectivity index (χ4n) is 4.61. The Kier molecular flexibility index (Phi) is 6.21. The average molecular weight is 574 g/mol. The maximum atomic E-state index is 13.7. The number of halogens is 2. The van der Waals surface area contributed by atoms with Crippen LogP contribution in [-0.2, 0) is 20.7 Å². The minimum Gasteiger partial charge on any atom is -0.339 e. The van der Waals surface area contributed by atoms with E-state index >= 15 is 0 Å². The lowest BCUT2D eigenvalue weighted by Crippen LogP contribution is -2.33. The summed E-state index contributed by atoms with van der Waals surface area (Å²) < 4.78 is 20.7. The molecule has 2 aliphatic heterocycles. The second-order valence-corrected chi connectivity index (χ2v) is 10.0. The molecule has 2 aliphatic rings. The summed E-state index contributed by atoms with van der Waals surface area (Å²) >= 11 is 3.44. The molecule has 6 rings (SSSR count). The summed E-state index contributed by atoms with van der Waals surface area (Å²) in [4.78, 5) is 31.9. The number of amides is 2. The molecule has 3 heterocycles. The molecule has 0 N–H and O–H groups in total. The number of rotatable bonds is 6. The molecule has 190 valence electrons. The van der Waals surface area contributed by atoms with E-state index in [1.807, 2.05) is 42.5 Å². The van der Waals surface area contributed by atoms with Crippen LogP contribution in [0.4, 0.5) is 4.39 Å². The first kappa shape index (κ1) is 24.3. The van der Waals surface area contributed by atoms with Crippen LogP contribution in [0.2, 0.25) is 0 Å². The van der Waals surface area contributed by atoms with Crippen LogP contribution in [0.25, 0.3) is 23.0 Å². The zero-order valence-corrected chi connectivity index (χ0v) is 21.8. The van der Waals surface area contributed by atoms with Crippen molar-refractivity contribution >= 4 is 33.8 Å². The van der Waals surface area contributed by atoms with Gasteiger partial charge in [-0.2, -0.15) is 4.80 Å². The molecular formula is C28H21BrFN5O3. The number of carbonyl (C=O) groups excluding carboxylic acids is 2. The number of carbonyl (C=O) groups is 2. The Balaban J connectivity index is 1.36. The van der Waals surface area contributed by atoms with Crippen molar-refractivity contribution in [2.45, 2.75) is 25.7 Å². The Morgan fingerprint density at radius 3 is 2.53 bits per heavy atom. The summed E-state index contributed by atoms with van der Waals surface area (Å²) in [5.41, 5.74) is 3.30. The van der Waals surface area contributed by atoms with Crippen molar-refractivity contribution < 1.29 is 18.7 Å². The third kappa shape index (κ3) is 4.57. The number of nitrogens with zero attached hydrogens (tertiary/aromatic N) is 5. The lowest BCUT2D eigenvalue weighted by molar-refractivity contribution is -0.130. The molecule has 0 spiro atoms. The zero-order valence-electron chi connectivity index (χ0n) is 20.2. The second-order valence-electron chi connectivity index (χ2n) is 9.11. The monoisotopic (exact) mass is 573 g/mol. The third-order valence-electron chi connectivity index (χ3n) is 6.54. The Labute approximate surface area is 225 Å². The Hall–Kier alpha value is -4.02. The summed E-state index contributed by atoms with van der Waals surface area (Å²) in [6, 6.07) is 19.1. The number of hydrogen-bond donors (Lipinski definition) is 0. The normalized spacial score (nSPS) is 18.4. The van der Waals surface area contributed by atoms with Crippen LogP contribution in [0, 0.1) is 5.82 Å². The van der Waals surface area contributed by atoms with Gasteiger partial charge in [-0.25, -0.2) is 9.38 Å². The van der Waals surface area contributed by atoms with Crippen LogP contribution in [-0.4, -0.2) is 44.4 Å². The molecule has 3 aromatic carbocycles. The van der Waals surface area contributed by atoms with Crippen LogP contribution < -0.4 is 10.6 Å². The van der Waals surface area contributed by atoms with Gasteiger partial charge < -0.3 is 9.64 Å². The topological polar surface area (TPSA) is 89.7 Å². The molecule has 1 unspecified atom stereocenters. The molecule has 4 aromatic rings. The first-order valence-corrected chi connectivity index (χ1v) is 12.8. The van der Waals surface area contributed by atoms with E-state index in [2.05, 4.69) is 20.9 Å². The summed E-state index contributed by atoms with van der Waals surface area (Å²) in [5.74, 6) is -0.785. The standard InChI is InChI=1S/C28H21BrFN5O3/c1-16-27(37)34(13-12-17-2-11-23-19(14-17)15-24(36)31-23)28(38-16)26-25(18-3-7-21(30)8-4-18)32-35(33-26)22-9-5-20(29)6-10-22/h2-11,14-16,28H,12-13H2,1H3/t16?,28-/m1/s1. The lowest BCUT2D eigenvalue weighted by Gasteiger charge is -2.22. The predicted octanol–water partition coefficient (Wildman–Crippen LogP) is 3.26. The van der Waals surface area contributed by atoms with E-state index in [4.69, 9.17) is 14.9 Å². The summed E-state index contributed by atoms with van der Waals surface area (Å²) in [7, 11) is 0. The number of aromatic nitrogens is 3. The second kappa shape index (κ2) is 9.70. The highest BCUT2D eigenvalue weighted by Crippen LogP contribution is 2.36. The molecule has 10 heteroatoms. The highest BCUT2D eigenvalue weighted by atomic mass is 79.9. The van der Waals surface area contributed by atoms with Crippen molar-refractivity contribution in [3.05, 3.63) is 98.9 Å². The van der Waals surface area contributed by atoms with Gasteiger partial charge in [0, 0.05) is 27.9 Å². The van der Waals surface area contributed by atoms with Crippen molar-refractivity contribution in [1.82, 2.24) is 19.9 Å². The molecule has 0 saturated carbocycles. The van der Waals surface area contributed by atoms with Crippen molar-refractivity contribution in [3.8, 4) is 16.9 Å². The molecule has 8 nitrogen and oxygen atoms in total. The average Bonchev–Trinajstić information content (AvgIpc) is 3.58. The van der Waals surface area contributed by atoms with Crippen LogP contribution in [0.5, 0.6) is 0 Å². The van der Waals surface area contributed by atoms with Gasteiger partial charge in [-0.1, -0.05) is 22.0 Å². The smallest absolute Gasteiger partial charge is 0.270 e. The molecule has 2 atom stereocenters. The van der Waals surface area contributed by atoms with Gasteiger partial charge in [-0.3, -0.25) is 9.59 Å². The summed E-state index contributed by atoms with van der Waals surface area (Å²) in [6.45, 7) is 2.08. The number of ether oxygens (including phenoxy) is 1. The minimum atomic E-state index is -0.778. The van der Waals surface area contributed by atoms with E-state index in [9.17, 15) is 14.0 Å². The van der Waals surface area contributed by atoms with Crippen molar-refractivity contribution in [3.63, 3.8) is 0 Å². The summed E-state index contributed by atoms with van der Waals surface area (Å²) in [5, 5.41) is 10.9. The maximum absolute atomic E-state index is 13.7. The number of fused-ring (bicyclic) bond motifs is 1. The van der Waals surface area contributed by atoms with Crippen molar-refractivity contribution in [1.29, 1.82) is 0 Å². The van der Waals surface area contributed by atoms with E-state index in [-0.39, 0.29) is 17.6 Å². The molecule has 0 radical (unpaired) electrons. The molecule has 38 heavy (non-hydrogen) atoms. The van der Waals surface area contributed by atoms with Gasteiger partial charge in [0.2, 0.25) is 0 Å². The van der Waals surface area contributed by atoms with Gasteiger partial charge in [-0.05, 0) is 79.6 Å².